The second-order valence-electron chi connectivity index (χ2n) is 6.69. The van der Waals surface area contributed by atoms with Gasteiger partial charge in [0.25, 0.3) is 5.91 Å². The zero-order valence-electron chi connectivity index (χ0n) is 16.5. The van der Waals surface area contributed by atoms with Crippen LogP contribution in [0, 0.1) is 5.82 Å². The van der Waals surface area contributed by atoms with Gasteiger partial charge in [-0.25, -0.2) is 4.39 Å². The third-order valence-electron chi connectivity index (χ3n) is 4.34. The van der Waals surface area contributed by atoms with Crippen LogP contribution in [0.4, 0.5) is 10.1 Å². The Hall–Kier alpha value is -3.67. The van der Waals surface area contributed by atoms with E-state index in [1.165, 1.54) is 25.1 Å². The monoisotopic (exact) mass is 407 g/mol. The number of amides is 1. The van der Waals surface area contributed by atoms with Crippen molar-refractivity contribution < 1.29 is 23.5 Å². The number of nitrogens with one attached hydrogen (secondary N) is 1. The molecule has 1 amide bonds. The average Bonchev–Trinajstić information content (AvgIpc) is 2.75. The smallest absolute Gasteiger partial charge is 0.311 e. The number of rotatable bonds is 8. The van der Waals surface area contributed by atoms with Gasteiger partial charge in [-0.05, 0) is 48.4 Å². The molecule has 3 rings (SSSR count). The van der Waals surface area contributed by atoms with Crippen molar-refractivity contribution in [3.05, 3.63) is 95.8 Å². The molecule has 5 nitrogen and oxygen atoms in total. The first-order chi connectivity index (χ1) is 14.5. The van der Waals surface area contributed by atoms with Crippen LogP contribution in [0.15, 0.2) is 78.9 Å². The summed E-state index contributed by atoms with van der Waals surface area (Å²) >= 11 is 0. The molecular weight excluding hydrogens is 385 g/mol. The molecule has 0 radical (unpaired) electrons. The van der Waals surface area contributed by atoms with Crippen molar-refractivity contribution in [2.45, 2.75) is 26.1 Å². The van der Waals surface area contributed by atoms with E-state index in [4.69, 9.17) is 9.47 Å². The quantitative estimate of drug-likeness (QED) is 0.558. The van der Waals surface area contributed by atoms with Gasteiger partial charge in [-0.2, -0.15) is 0 Å². The highest BCUT2D eigenvalue weighted by molar-refractivity contribution is 5.95. The van der Waals surface area contributed by atoms with Crippen molar-refractivity contribution in [3.8, 4) is 5.75 Å². The molecule has 154 valence electrons. The molecule has 0 aliphatic heterocycles. The summed E-state index contributed by atoms with van der Waals surface area (Å²) in [5.41, 5.74) is 1.83. The molecule has 0 unspecified atom stereocenters. The zero-order chi connectivity index (χ0) is 21.3. The first-order valence-corrected chi connectivity index (χ1v) is 9.52. The van der Waals surface area contributed by atoms with Gasteiger partial charge >= 0.3 is 5.97 Å². The molecule has 0 saturated carbocycles. The van der Waals surface area contributed by atoms with E-state index in [1.807, 2.05) is 30.3 Å². The van der Waals surface area contributed by atoms with Gasteiger partial charge < -0.3 is 14.8 Å². The van der Waals surface area contributed by atoms with Crippen LogP contribution in [-0.4, -0.2) is 18.0 Å². The minimum atomic E-state index is -1.02. The standard InChI is InChI=1S/C24H22FNO4/c1-17(30-23(27)15-19-9-5-6-10-22(19)25)24(28)26-20-11-13-21(14-12-20)29-16-18-7-3-2-4-8-18/h2-14,17H,15-16H2,1H3,(H,26,28)/t17-/m0/s1. The summed E-state index contributed by atoms with van der Waals surface area (Å²) in [5, 5.41) is 2.68. The molecule has 1 atom stereocenters. The van der Waals surface area contributed by atoms with E-state index in [0.717, 1.165) is 5.56 Å². The van der Waals surface area contributed by atoms with Crippen LogP contribution in [0.25, 0.3) is 0 Å². The molecule has 6 heteroatoms. The molecule has 0 heterocycles. The van der Waals surface area contributed by atoms with E-state index >= 15 is 0 Å². The van der Waals surface area contributed by atoms with Crippen LogP contribution in [0.2, 0.25) is 0 Å². The lowest BCUT2D eigenvalue weighted by molar-refractivity contribution is -0.152. The Balaban J connectivity index is 1.47. The highest BCUT2D eigenvalue weighted by Gasteiger charge is 2.19. The van der Waals surface area contributed by atoms with Crippen LogP contribution in [0.1, 0.15) is 18.1 Å². The Morgan fingerprint density at radius 1 is 0.933 bits per heavy atom. The number of esters is 1. The second kappa shape index (κ2) is 10.2. The maximum absolute atomic E-state index is 13.6. The minimum Gasteiger partial charge on any atom is -0.489 e. The number of benzene rings is 3. The highest BCUT2D eigenvalue weighted by Crippen LogP contribution is 2.17. The second-order valence-corrected chi connectivity index (χ2v) is 6.69. The van der Waals surface area contributed by atoms with E-state index in [2.05, 4.69) is 5.32 Å². The van der Waals surface area contributed by atoms with Crippen molar-refractivity contribution in [3.63, 3.8) is 0 Å². The summed E-state index contributed by atoms with van der Waals surface area (Å²) in [6.07, 6.45) is -1.25. The molecule has 0 spiro atoms. The maximum atomic E-state index is 13.6. The lowest BCUT2D eigenvalue weighted by atomic mass is 10.1. The van der Waals surface area contributed by atoms with Crippen LogP contribution >= 0.6 is 0 Å². The third kappa shape index (κ3) is 6.17. The number of carbonyl (C=O) groups is 2. The lowest BCUT2D eigenvalue weighted by Crippen LogP contribution is -2.30. The number of anilines is 1. The number of ether oxygens (including phenoxy) is 2. The van der Waals surface area contributed by atoms with Crippen molar-refractivity contribution in [1.29, 1.82) is 0 Å². The van der Waals surface area contributed by atoms with E-state index in [-0.39, 0.29) is 12.0 Å². The first kappa shape index (κ1) is 21.0. The molecule has 30 heavy (non-hydrogen) atoms. The van der Waals surface area contributed by atoms with Gasteiger partial charge in [0, 0.05) is 5.69 Å². The van der Waals surface area contributed by atoms with Crippen molar-refractivity contribution in [2.24, 2.45) is 0 Å². The van der Waals surface area contributed by atoms with E-state index in [0.29, 0.717) is 18.0 Å². The normalized spacial score (nSPS) is 11.4. The Labute approximate surface area is 174 Å². The lowest BCUT2D eigenvalue weighted by Gasteiger charge is -2.14. The predicted molar refractivity (Wildman–Crippen MR) is 112 cm³/mol. The summed E-state index contributed by atoms with van der Waals surface area (Å²) in [7, 11) is 0. The summed E-state index contributed by atoms with van der Waals surface area (Å²) in [6.45, 7) is 1.91. The molecule has 3 aromatic rings. The fourth-order valence-electron chi connectivity index (χ4n) is 2.71. The first-order valence-electron chi connectivity index (χ1n) is 9.52. The SMILES string of the molecule is C[C@H](OC(=O)Cc1ccccc1F)C(=O)Nc1ccc(OCc2ccccc2)cc1. The Kier molecular flexibility index (Phi) is 7.16. The Bertz CT molecular complexity index is 990. The van der Waals surface area contributed by atoms with Gasteiger partial charge in [-0.3, -0.25) is 9.59 Å². The summed E-state index contributed by atoms with van der Waals surface area (Å²) in [4.78, 5) is 24.2. The van der Waals surface area contributed by atoms with Gasteiger partial charge in [-0.1, -0.05) is 48.5 Å². The summed E-state index contributed by atoms with van der Waals surface area (Å²) < 4.78 is 24.4. The van der Waals surface area contributed by atoms with Gasteiger partial charge in [0.1, 0.15) is 18.2 Å². The predicted octanol–water partition coefficient (Wildman–Crippen LogP) is 4.52. The molecule has 0 bridgehead atoms. The van der Waals surface area contributed by atoms with Gasteiger partial charge in [0.2, 0.25) is 0 Å². The Morgan fingerprint density at radius 3 is 2.30 bits per heavy atom. The molecular formula is C24H22FNO4. The van der Waals surface area contributed by atoms with Crippen molar-refractivity contribution in [1.82, 2.24) is 0 Å². The zero-order valence-corrected chi connectivity index (χ0v) is 16.5. The number of halogens is 1. The summed E-state index contributed by atoms with van der Waals surface area (Å²) in [5.74, 6) is -0.968. The van der Waals surface area contributed by atoms with Crippen LogP contribution < -0.4 is 10.1 Å². The molecule has 0 aromatic heterocycles. The summed E-state index contributed by atoms with van der Waals surface area (Å²) in [6, 6.07) is 22.6. The fraction of sp³-hybridized carbons (Fsp3) is 0.167. The molecule has 0 aliphatic carbocycles. The molecule has 0 saturated heterocycles. The minimum absolute atomic E-state index is 0.223. The largest absolute Gasteiger partial charge is 0.489 e. The van der Waals surface area contributed by atoms with Crippen LogP contribution in [-0.2, 0) is 27.4 Å². The van der Waals surface area contributed by atoms with Crippen LogP contribution in [0.3, 0.4) is 0 Å². The van der Waals surface area contributed by atoms with Crippen molar-refractivity contribution in [2.75, 3.05) is 5.32 Å². The van der Waals surface area contributed by atoms with Crippen LogP contribution in [0.5, 0.6) is 5.75 Å². The highest BCUT2D eigenvalue weighted by atomic mass is 19.1. The topological polar surface area (TPSA) is 64.6 Å². The Morgan fingerprint density at radius 2 is 1.60 bits per heavy atom. The van der Waals surface area contributed by atoms with Gasteiger partial charge in [0.05, 0.1) is 6.42 Å². The third-order valence-corrected chi connectivity index (χ3v) is 4.34. The molecule has 0 aliphatic rings. The van der Waals surface area contributed by atoms with Gasteiger partial charge in [-0.15, -0.1) is 0 Å². The molecule has 0 fully saturated rings. The maximum Gasteiger partial charge on any atom is 0.311 e. The van der Waals surface area contributed by atoms with Gasteiger partial charge in [0.15, 0.2) is 6.10 Å². The number of hydrogen-bond donors (Lipinski definition) is 1. The average molecular weight is 407 g/mol. The molecule has 3 aromatic carbocycles. The molecule has 1 N–H and O–H groups in total. The number of carbonyl (C=O) groups excluding carboxylic acids is 2. The fourth-order valence-corrected chi connectivity index (χ4v) is 2.71. The number of hydrogen-bond acceptors (Lipinski definition) is 4. The van der Waals surface area contributed by atoms with E-state index in [9.17, 15) is 14.0 Å². The van der Waals surface area contributed by atoms with E-state index in [1.54, 1.807) is 30.3 Å². The van der Waals surface area contributed by atoms with E-state index < -0.39 is 23.8 Å². The van der Waals surface area contributed by atoms with Crippen molar-refractivity contribution >= 4 is 17.6 Å².